The Morgan fingerprint density at radius 2 is 2.06 bits per heavy atom. The second-order valence-corrected chi connectivity index (χ2v) is 4.36. The Labute approximate surface area is 97.0 Å². The molecule has 0 bridgehead atoms. The van der Waals surface area contributed by atoms with E-state index in [1.807, 2.05) is 0 Å². The van der Waals surface area contributed by atoms with Gasteiger partial charge in [0.1, 0.15) is 5.60 Å². The molecule has 0 saturated carbocycles. The van der Waals surface area contributed by atoms with Gasteiger partial charge in [0.25, 0.3) is 0 Å². The van der Waals surface area contributed by atoms with Gasteiger partial charge in [0, 0.05) is 13.0 Å². The average molecular weight is 246 g/mol. The van der Waals surface area contributed by atoms with Crippen molar-refractivity contribution in [2.75, 3.05) is 13.2 Å². The van der Waals surface area contributed by atoms with Crippen LogP contribution in [0.4, 0.5) is 13.2 Å². The Morgan fingerprint density at radius 3 is 2.59 bits per heavy atom. The normalized spacial score (nSPS) is 25.2. The van der Waals surface area contributed by atoms with Crippen molar-refractivity contribution in [3.63, 3.8) is 0 Å². The fourth-order valence-corrected chi connectivity index (χ4v) is 2.07. The summed E-state index contributed by atoms with van der Waals surface area (Å²) in [5.41, 5.74) is -1.07. The molecule has 1 atom stereocenters. The minimum atomic E-state index is -4.39. The molecule has 0 amide bonds. The molecule has 1 aliphatic rings. The summed E-state index contributed by atoms with van der Waals surface area (Å²) in [5, 5.41) is 10.2. The first-order chi connectivity index (χ1) is 7.83. The van der Waals surface area contributed by atoms with Crippen molar-refractivity contribution in [3.05, 3.63) is 34.9 Å². The van der Waals surface area contributed by atoms with Gasteiger partial charge in [0.15, 0.2) is 0 Å². The van der Waals surface area contributed by atoms with E-state index >= 15 is 0 Å². The lowest BCUT2D eigenvalue weighted by atomic mass is 9.88. The molecular formula is C12H13F3O2. The predicted molar refractivity (Wildman–Crippen MR) is 55.5 cm³/mol. The van der Waals surface area contributed by atoms with Crippen molar-refractivity contribution in [1.29, 1.82) is 0 Å². The van der Waals surface area contributed by atoms with E-state index in [2.05, 4.69) is 0 Å². The largest absolute Gasteiger partial charge is 0.416 e. The van der Waals surface area contributed by atoms with Gasteiger partial charge >= 0.3 is 6.18 Å². The first-order valence-corrected chi connectivity index (χ1v) is 5.31. The number of aryl methyl sites for hydroxylation is 1. The molecule has 0 radical (unpaired) electrons. The van der Waals surface area contributed by atoms with Gasteiger partial charge in [-0.3, -0.25) is 0 Å². The third-order valence-electron chi connectivity index (χ3n) is 3.07. The zero-order valence-corrected chi connectivity index (χ0v) is 9.34. The molecule has 17 heavy (non-hydrogen) atoms. The van der Waals surface area contributed by atoms with Crippen LogP contribution >= 0.6 is 0 Å². The van der Waals surface area contributed by atoms with Gasteiger partial charge in [-0.2, -0.15) is 13.2 Å². The van der Waals surface area contributed by atoms with E-state index in [9.17, 15) is 18.3 Å². The molecule has 1 fully saturated rings. The Morgan fingerprint density at radius 1 is 1.35 bits per heavy atom. The third kappa shape index (κ3) is 2.30. The van der Waals surface area contributed by atoms with Crippen molar-refractivity contribution < 1.29 is 23.0 Å². The van der Waals surface area contributed by atoms with E-state index in [1.165, 1.54) is 6.07 Å². The molecule has 1 unspecified atom stereocenters. The van der Waals surface area contributed by atoms with Gasteiger partial charge in [-0.15, -0.1) is 0 Å². The van der Waals surface area contributed by atoms with Crippen LogP contribution in [-0.2, 0) is 16.5 Å². The van der Waals surface area contributed by atoms with Crippen molar-refractivity contribution in [2.24, 2.45) is 0 Å². The summed E-state index contributed by atoms with van der Waals surface area (Å²) in [6.07, 6.45) is -4.06. The van der Waals surface area contributed by atoms with Crippen LogP contribution in [0.1, 0.15) is 23.1 Å². The zero-order valence-electron chi connectivity index (χ0n) is 9.34. The van der Waals surface area contributed by atoms with Crippen molar-refractivity contribution in [2.45, 2.75) is 25.1 Å². The first-order valence-electron chi connectivity index (χ1n) is 5.31. The van der Waals surface area contributed by atoms with Gasteiger partial charge in [0.2, 0.25) is 0 Å². The Hall–Kier alpha value is -1.07. The summed E-state index contributed by atoms with van der Waals surface area (Å²) < 4.78 is 42.9. The van der Waals surface area contributed by atoms with Crippen LogP contribution in [-0.4, -0.2) is 18.3 Å². The summed E-state index contributed by atoms with van der Waals surface area (Å²) in [6.45, 7) is 2.10. The lowest BCUT2D eigenvalue weighted by molar-refractivity contribution is -0.137. The van der Waals surface area contributed by atoms with Crippen LogP contribution in [0.25, 0.3) is 0 Å². The number of ether oxygens (including phenoxy) is 1. The standard InChI is InChI=1S/C12H13F3O2/c1-8-2-3-9(12(13,14)15)6-10(8)11(16)4-5-17-7-11/h2-3,6,16H,4-5,7H2,1H3. The molecule has 1 saturated heterocycles. The summed E-state index contributed by atoms with van der Waals surface area (Å²) in [7, 11) is 0. The number of rotatable bonds is 1. The minimum Gasteiger partial charge on any atom is -0.383 e. The SMILES string of the molecule is Cc1ccc(C(F)(F)F)cc1C1(O)CCOC1. The van der Waals surface area contributed by atoms with Gasteiger partial charge in [0.05, 0.1) is 12.2 Å². The molecule has 1 heterocycles. The molecule has 0 aliphatic carbocycles. The highest BCUT2D eigenvalue weighted by molar-refractivity contribution is 5.37. The second-order valence-electron chi connectivity index (χ2n) is 4.36. The smallest absolute Gasteiger partial charge is 0.383 e. The number of halogens is 3. The molecule has 2 nitrogen and oxygen atoms in total. The van der Waals surface area contributed by atoms with Gasteiger partial charge in [-0.25, -0.2) is 0 Å². The second kappa shape index (κ2) is 3.99. The topological polar surface area (TPSA) is 29.5 Å². The monoisotopic (exact) mass is 246 g/mol. The number of hydrogen-bond acceptors (Lipinski definition) is 2. The van der Waals surface area contributed by atoms with E-state index in [1.54, 1.807) is 6.92 Å². The highest BCUT2D eigenvalue weighted by Crippen LogP contribution is 2.37. The lowest BCUT2D eigenvalue weighted by Gasteiger charge is -2.24. The predicted octanol–water partition coefficient (Wildman–Crippen LogP) is 2.62. The molecule has 1 aromatic carbocycles. The van der Waals surface area contributed by atoms with Crippen molar-refractivity contribution >= 4 is 0 Å². The van der Waals surface area contributed by atoms with Crippen LogP contribution in [0.5, 0.6) is 0 Å². The number of benzene rings is 1. The van der Waals surface area contributed by atoms with Gasteiger partial charge in [-0.1, -0.05) is 6.07 Å². The molecule has 1 aromatic rings. The van der Waals surface area contributed by atoms with E-state index in [0.717, 1.165) is 12.1 Å². The Balaban J connectivity index is 2.46. The van der Waals surface area contributed by atoms with E-state index in [0.29, 0.717) is 24.2 Å². The zero-order chi connectivity index (χ0) is 12.7. The molecular weight excluding hydrogens is 233 g/mol. The van der Waals surface area contributed by atoms with Gasteiger partial charge in [-0.05, 0) is 30.2 Å². The van der Waals surface area contributed by atoms with E-state index in [4.69, 9.17) is 4.74 Å². The van der Waals surface area contributed by atoms with Gasteiger partial charge < -0.3 is 9.84 Å². The lowest BCUT2D eigenvalue weighted by Crippen LogP contribution is -2.27. The Kier molecular flexibility index (Phi) is 2.91. The van der Waals surface area contributed by atoms with Crippen LogP contribution in [0.3, 0.4) is 0 Å². The number of hydrogen-bond donors (Lipinski definition) is 1. The van der Waals surface area contributed by atoms with E-state index < -0.39 is 17.3 Å². The highest BCUT2D eigenvalue weighted by Gasteiger charge is 2.38. The minimum absolute atomic E-state index is 0.0507. The molecule has 0 aromatic heterocycles. The summed E-state index contributed by atoms with van der Waals surface area (Å²) in [4.78, 5) is 0. The number of alkyl halides is 3. The summed E-state index contributed by atoms with van der Waals surface area (Å²) >= 11 is 0. The average Bonchev–Trinajstić information content (AvgIpc) is 2.65. The van der Waals surface area contributed by atoms with Crippen LogP contribution in [0, 0.1) is 6.92 Å². The van der Waals surface area contributed by atoms with Crippen LogP contribution in [0.2, 0.25) is 0 Å². The van der Waals surface area contributed by atoms with Crippen LogP contribution < -0.4 is 0 Å². The molecule has 5 heteroatoms. The number of aliphatic hydroxyl groups is 1. The quantitative estimate of drug-likeness (QED) is 0.825. The molecule has 1 aliphatic heterocycles. The Bertz CT molecular complexity index is 420. The summed E-state index contributed by atoms with van der Waals surface area (Å²) in [5.74, 6) is 0. The maximum absolute atomic E-state index is 12.6. The maximum atomic E-state index is 12.6. The molecule has 2 rings (SSSR count). The van der Waals surface area contributed by atoms with Crippen molar-refractivity contribution in [3.8, 4) is 0 Å². The molecule has 1 N–H and O–H groups in total. The third-order valence-corrected chi connectivity index (χ3v) is 3.07. The highest BCUT2D eigenvalue weighted by atomic mass is 19.4. The van der Waals surface area contributed by atoms with Crippen molar-refractivity contribution in [1.82, 2.24) is 0 Å². The fourth-order valence-electron chi connectivity index (χ4n) is 2.07. The van der Waals surface area contributed by atoms with Crippen LogP contribution in [0.15, 0.2) is 18.2 Å². The molecule has 0 spiro atoms. The molecule has 94 valence electrons. The first kappa shape index (κ1) is 12.4. The van der Waals surface area contributed by atoms with E-state index in [-0.39, 0.29) is 6.61 Å². The maximum Gasteiger partial charge on any atom is 0.416 e. The fraction of sp³-hybridized carbons (Fsp3) is 0.500. The summed E-state index contributed by atoms with van der Waals surface area (Å²) in [6, 6.07) is 3.43.